The highest BCUT2D eigenvalue weighted by Crippen LogP contribution is 2.17. The van der Waals surface area contributed by atoms with Crippen LogP contribution >= 0.6 is 0 Å². The van der Waals surface area contributed by atoms with Gasteiger partial charge in [0, 0.05) is 11.1 Å². The molecule has 1 amide bonds. The summed E-state index contributed by atoms with van der Waals surface area (Å²) in [5.74, 6) is -0.656. The van der Waals surface area contributed by atoms with Crippen molar-refractivity contribution in [1.29, 1.82) is 0 Å². The maximum absolute atomic E-state index is 12.4. The molecule has 2 N–H and O–H groups in total. The Bertz CT molecular complexity index is 1300. The van der Waals surface area contributed by atoms with Gasteiger partial charge < -0.3 is 14.8 Å². The fourth-order valence-corrected chi connectivity index (χ4v) is 3.04. The van der Waals surface area contributed by atoms with Gasteiger partial charge in [0.1, 0.15) is 12.4 Å². The molecule has 8 nitrogen and oxygen atoms in total. The van der Waals surface area contributed by atoms with Crippen molar-refractivity contribution >= 4 is 28.3 Å². The lowest BCUT2D eigenvalue weighted by molar-refractivity contribution is -0.119. The summed E-state index contributed by atoms with van der Waals surface area (Å²) in [4.78, 5) is 36.3. The topological polar surface area (TPSA) is 110 Å². The van der Waals surface area contributed by atoms with Gasteiger partial charge in [-0.25, -0.2) is 9.89 Å². The average molecular weight is 429 g/mol. The molecule has 4 aromatic rings. The molecule has 4 rings (SSSR count). The van der Waals surface area contributed by atoms with Gasteiger partial charge in [-0.05, 0) is 35.9 Å². The molecule has 3 aromatic carbocycles. The monoisotopic (exact) mass is 429 g/mol. The quantitative estimate of drug-likeness (QED) is 0.436. The average Bonchev–Trinajstić information content (AvgIpc) is 2.83. The Kier molecular flexibility index (Phi) is 6.22. The number of hydrogen-bond acceptors (Lipinski definition) is 6. The summed E-state index contributed by atoms with van der Waals surface area (Å²) < 4.78 is 10.8. The van der Waals surface area contributed by atoms with Crippen LogP contribution in [-0.2, 0) is 16.1 Å². The second kappa shape index (κ2) is 9.57. The number of H-pyrrole nitrogens is 1. The summed E-state index contributed by atoms with van der Waals surface area (Å²) in [7, 11) is 0. The van der Waals surface area contributed by atoms with Crippen molar-refractivity contribution in [2.45, 2.75) is 6.61 Å². The SMILES string of the molecule is O=C(COC(=O)c1n[nH]c(=O)c2ccccc12)Nc1ccc(OCc2ccccc2)cc1. The molecule has 0 atom stereocenters. The largest absolute Gasteiger partial charge is 0.489 e. The van der Waals surface area contributed by atoms with Gasteiger partial charge in [-0.3, -0.25) is 9.59 Å². The van der Waals surface area contributed by atoms with E-state index in [1.54, 1.807) is 48.5 Å². The van der Waals surface area contributed by atoms with E-state index >= 15 is 0 Å². The number of nitrogens with one attached hydrogen (secondary N) is 2. The predicted molar refractivity (Wildman–Crippen MR) is 118 cm³/mol. The van der Waals surface area contributed by atoms with Gasteiger partial charge in [-0.15, -0.1) is 0 Å². The zero-order valence-electron chi connectivity index (χ0n) is 16.9. The third-order valence-electron chi connectivity index (χ3n) is 4.61. The van der Waals surface area contributed by atoms with Crippen LogP contribution in [-0.4, -0.2) is 28.7 Å². The number of benzene rings is 3. The number of hydrogen-bond donors (Lipinski definition) is 2. The van der Waals surface area contributed by atoms with Crippen LogP contribution in [0, 0.1) is 0 Å². The van der Waals surface area contributed by atoms with Crippen LogP contribution in [0.25, 0.3) is 10.8 Å². The third-order valence-corrected chi connectivity index (χ3v) is 4.61. The predicted octanol–water partition coefficient (Wildman–Crippen LogP) is 3.30. The van der Waals surface area contributed by atoms with E-state index in [0.29, 0.717) is 28.8 Å². The van der Waals surface area contributed by atoms with E-state index in [0.717, 1.165) is 5.56 Å². The molecule has 8 heteroatoms. The lowest BCUT2D eigenvalue weighted by Crippen LogP contribution is -2.22. The Hall–Kier alpha value is -4.46. The zero-order chi connectivity index (χ0) is 22.3. The van der Waals surface area contributed by atoms with E-state index in [9.17, 15) is 14.4 Å². The Morgan fingerprint density at radius 1 is 0.875 bits per heavy atom. The number of nitrogens with zero attached hydrogens (tertiary/aromatic N) is 1. The van der Waals surface area contributed by atoms with Crippen molar-refractivity contribution in [3.63, 3.8) is 0 Å². The molecule has 0 saturated carbocycles. The Balaban J connectivity index is 1.31. The summed E-state index contributed by atoms with van der Waals surface area (Å²) in [5.41, 5.74) is 1.11. The first kappa shape index (κ1) is 20.8. The minimum absolute atomic E-state index is 0.0621. The molecular weight excluding hydrogens is 410 g/mol. The Labute approximate surface area is 182 Å². The van der Waals surface area contributed by atoms with Gasteiger partial charge in [-0.1, -0.05) is 48.5 Å². The number of rotatable bonds is 7. The molecule has 160 valence electrons. The molecule has 0 radical (unpaired) electrons. The van der Waals surface area contributed by atoms with E-state index in [4.69, 9.17) is 9.47 Å². The molecule has 0 fully saturated rings. The lowest BCUT2D eigenvalue weighted by Gasteiger charge is -2.09. The van der Waals surface area contributed by atoms with Crippen LogP contribution in [0.15, 0.2) is 83.7 Å². The third kappa shape index (κ3) is 4.99. The minimum atomic E-state index is -0.808. The van der Waals surface area contributed by atoms with Crippen LogP contribution in [0.1, 0.15) is 16.1 Å². The van der Waals surface area contributed by atoms with E-state index in [2.05, 4.69) is 15.5 Å². The number of esters is 1. The van der Waals surface area contributed by atoms with Crippen molar-refractivity contribution in [2.24, 2.45) is 0 Å². The maximum Gasteiger partial charge on any atom is 0.359 e. The van der Waals surface area contributed by atoms with Crippen molar-refractivity contribution in [3.8, 4) is 5.75 Å². The highest BCUT2D eigenvalue weighted by Gasteiger charge is 2.16. The molecule has 0 aliphatic heterocycles. The molecule has 0 spiro atoms. The van der Waals surface area contributed by atoms with Gasteiger partial charge >= 0.3 is 5.97 Å². The first-order chi connectivity index (χ1) is 15.6. The standard InChI is InChI=1S/C24H19N3O5/c28-21(15-32-24(30)22-19-8-4-5-9-20(19)23(29)27-26-22)25-17-10-12-18(13-11-17)31-14-16-6-2-1-3-7-16/h1-13H,14-15H2,(H,25,28)(H,27,29). The molecule has 0 aliphatic carbocycles. The van der Waals surface area contributed by atoms with Crippen molar-refractivity contribution in [2.75, 3.05) is 11.9 Å². The van der Waals surface area contributed by atoms with Gasteiger partial charge in [-0.2, -0.15) is 5.10 Å². The van der Waals surface area contributed by atoms with Gasteiger partial charge in [0.2, 0.25) is 0 Å². The van der Waals surface area contributed by atoms with Crippen LogP contribution in [0.4, 0.5) is 5.69 Å². The number of anilines is 1. The summed E-state index contributed by atoms with van der Waals surface area (Å²) in [5, 5.41) is 9.33. The van der Waals surface area contributed by atoms with Crippen molar-refractivity contribution < 1.29 is 19.1 Å². The number of ether oxygens (including phenoxy) is 2. The summed E-state index contributed by atoms with van der Waals surface area (Å²) in [6.45, 7) is -0.0593. The number of carbonyl (C=O) groups is 2. The van der Waals surface area contributed by atoms with Crippen LogP contribution in [0.3, 0.4) is 0 Å². The Morgan fingerprint density at radius 3 is 2.31 bits per heavy atom. The van der Waals surface area contributed by atoms with Crippen molar-refractivity contribution in [1.82, 2.24) is 10.2 Å². The summed E-state index contributed by atoms with van der Waals surface area (Å²) in [6, 6.07) is 23.2. The van der Waals surface area contributed by atoms with Crippen LogP contribution in [0.2, 0.25) is 0 Å². The van der Waals surface area contributed by atoms with Crippen LogP contribution < -0.4 is 15.6 Å². The number of carbonyl (C=O) groups excluding carboxylic acids is 2. The first-order valence-electron chi connectivity index (χ1n) is 9.81. The zero-order valence-corrected chi connectivity index (χ0v) is 16.9. The number of amides is 1. The summed E-state index contributed by atoms with van der Waals surface area (Å²) in [6.07, 6.45) is 0. The molecule has 1 heterocycles. The number of fused-ring (bicyclic) bond motifs is 1. The van der Waals surface area contributed by atoms with E-state index in [1.165, 1.54) is 0 Å². The van der Waals surface area contributed by atoms with E-state index in [1.807, 2.05) is 30.3 Å². The lowest BCUT2D eigenvalue weighted by atomic mass is 10.1. The molecule has 0 bridgehead atoms. The Morgan fingerprint density at radius 2 is 1.56 bits per heavy atom. The fourth-order valence-electron chi connectivity index (χ4n) is 3.04. The van der Waals surface area contributed by atoms with Crippen LogP contribution in [0.5, 0.6) is 5.75 Å². The molecule has 32 heavy (non-hydrogen) atoms. The van der Waals surface area contributed by atoms with Gasteiger partial charge in [0.05, 0.1) is 5.39 Å². The van der Waals surface area contributed by atoms with Gasteiger partial charge in [0.15, 0.2) is 12.3 Å². The molecule has 0 saturated heterocycles. The number of aromatic nitrogens is 2. The van der Waals surface area contributed by atoms with E-state index in [-0.39, 0.29) is 5.69 Å². The molecular formula is C24H19N3O5. The highest BCUT2D eigenvalue weighted by molar-refractivity contribution is 6.03. The molecule has 0 aliphatic rings. The normalized spacial score (nSPS) is 10.5. The second-order valence-electron chi connectivity index (χ2n) is 6.87. The van der Waals surface area contributed by atoms with Crippen molar-refractivity contribution in [3.05, 3.63) is 100 Å². The summed E-state index contributed by atoms with van der Waals surface area (Å²) >= 11 is 0. The first-order valence-corrected chi connectivity index (χ1v) is 9.81. The molecule has 0 unspecified atom stereocenters. The van der Waals surface area contributed by atoms with Gasteiger partial charge in [0.25, 0.3) is 11.5 Å². The number of aromatic amines is 1. The highest BCUT2D eigenvalue weighted by atomic mass is 16.5. The fraction of sp³-hybridized carbons (Fsp3) is 0.0833. The smallest absolute Gasteiger partial charge is 0.359 e. The molecule has 1 aromatic heterocycles. The maximum atomic E-state index is 12.4. The minimum Gasteiger partial charge on any atom is -0.489 e. The van der Waals surface area contributed by atoms with E-state index < -0.39 is 24.0 Å². The second-order valence-corrected chi connectivity index (χ2v) is 6.87.